The van der Waals surface area contributed by atoms with Crippen LogP contribution in [0.2, 0.25) is 10.0 Å². The van der Waals surface area contributed by atoms with Gasteiger partial charge in [0.2, 0.25) is 0 Å². The standard InChI is InChI=1S/C22H23Cl2N3O8/c1-3-10(2)18(30)11-4-5-12(17(24)16(11)23)34-9-15(29)25-8-13-19(31)20(32)21(35-13)27-7-6-14(28)26-22(27)33/h4-7,13,19-21,31-32H,2-3,8-9H2,1H3,(H,25,29)(H,26,28,33)/t13-,19-,20+,21-/m1/s1. The van der Waals surface area contributed by atoms with Gasteiger partial charge in [0, 0.05) is 24.4 Å². The van der Waals surface area contributed by atoms with E-state index in [1.807, 2.05) is 4.98 Å². The lowest BCUT2D eigenvalue weighted by molar-refractivity contribution is -0.124. The molecule has 1 fully saturated rings. The number of H-pyrrole nitrogens is 1. The number of carbonyl (C=O) groups excluding carboxylic acids is 2. The van der Waals surface area contributed by atoms with Gasteiger partial charge in [-0.05, 0) is 24.1 Å². The van der Waals surface area contributed by atoms with Crippen molar-refractivity contribution in [3.8, 4) is 5.75 Å². The van der Waals surface area contributed by atoms with Crippen LogP contribution in [-0.2, 0) is 9.53 Å². The molecule has 1 aliphatic rings. The van der Waals surface area contributed by atoms with Gasteiger partial charge in [-0.1, -0.05) is 36.7 Å². The second kappa shape index (κ2) is 11.2. The third-order valence-corrected chi connectivity index (χ3v) is 6.23. The average molecular weight is 528 g/mol. The molecule has 1 aromatic carbocycles. The second-order valence-corrected chi connectivity index (χ2v) is 8.44. The van der Waals surface area contributed by atoms with Crippen molar-refractivity contribution in [2.45, 2.75) is 37.9 Å². The third kappa shape index (κ3) is 5.82. The van der Waals surface area contributed by atoms with E-state index in [1.54, 1.807) is 6.92 Å². The van der Waals surface area contributed by atoms with Crippen LogP contribution < -0.4 is 21.3 Å². The number of aliphatic hydroxyl groups is 2. The van der Waals surface area contributed by atoms with Gasteiger partial charge in [-0.2, -0.15) is 0 Å². The Labute approximate surface area is 208 Å². The van der Waals surface area contributed by atoms with Gasteiger partial charge in [0.05, 0.1) is 5.02 Å². The molecule has 2 aromatic rings. The summed E-state index contributed by atoms with van der Waals surface area (Å²) < 4.78 is 11.8. The monoisotopic (exact) mass is 527 g/mol. The zero-order valence-corrected chi connectivity index (χ0v) is 20.0. The summed E-state index contributed by atoms with van der Waals surface area (Å²) in [5.74, 6) is -0.870. The van der Waals surface area contributed by atoms with Crippen LogP contribution in [0.4, 0.5) is 0 Å². The number of ketones is 1. The maximum Gasteiger partial charge on any atom is 0.330 e. The van der Waals surface area contributed by atoms with Crippen LogP contribution in [0, 0.1) is 0 Å². The zero-order valence-electron chi connectivity index (χ0n) is 18.5. The number of aromatic amines is 1. The van der Waals surface area contributed by atoms with Gasteiger partial charge in [-0.3, -0.25) is 23.9 Å². The lowest BCUT2D eigenvalue weighted by Gasteiger charge is -2.17. The van der Waals surface area contributed by atoms with Crippen molar-refractivity contribution in [3.05, 3.63) is 73.0 Å². The summed E-state index contributed by atoms with van der Waals surface area (Å²) in [5.41, 5.74) is -0.918. The van der Waals surface area contributed by atoms with Gasteiger partial charge >= 0.3 is 5.69 Å². The first kappa shape index (κ1) is 26.6. The van der Waals surface area contributed by atoms with Gasteiger partial charge < -0.3 is 25.0 Å². The topological polar surface area (TPSA) is 160 Å². The predicted octanol–water partition coefficient (Wildman–Crippen LogP) is 0.807. The second-order valence-electron chi connectivity index (χ2n) is 7.68. The first-order valence-corrected chi connectivity index (χ1v) is 11.2. The van der Waals surface area contributed by atoms with Gasteiger partial charge in [0.1, 0.15) is 29.1 Å². The minimum atomic E-state index is -1.48. The van der Waals surface area contributed by atoms with Gasteiger partial charge in [0.25, 0.3) is 11.5 Å². The fourth-order valence-electron chi connectivity index (χ4n) is 3.33. The first-order chi connectivity index (χ1) is 16.5. The van der Waals surface area contributed by atoms with Crippen molar-refractivity contribution in [1.29, 1.82) is 0 Å². The number of hydrogen-bond acceptors (Lipinski definition) is 8. The Morgan fingerprint density at radius 3 is 2.57 bits per heavy atom. The summed E-state index contributed by atoms with van der Waals surface area (Å²) >= 11 is 12.4. The van der Waals surface area contributed by atoms with E-state index >= 15 is 0 Å². The van der Waals surface area contributed by atoms with E-state index in [2.05, 4.69) is 11.9 Å². The maximum atomic E-state index is 12.3. The fraction of sp³-hybridized carbons (Fsp3) is 0.364. The summed E-state index contributed by atoms with van der Waals surface area (Å²) in [6.45, 7) is 4.78. The number of ether oxygens (including phenoxy) is 2. The SMILES string of the molecule is C=C(CC)C(=O)c1ccc(OCC(=O)NC[C@H]2O[C@@H](n3ccc(=O)[nH]c3=O)[C@@H](O)[C@@H]2O)c(Cl)c1Cl. The van der Waals surface area contributed by atoms with Crippen molar-refractivity contribution in [2.24, 2.45) is 0 Å². The Hall–Kier alpha value is -2.96. The summed E-state index contributed by atoms with van der Waals surface area (Å²) in [7, 11) is 0. The van der Waals surface area contributed by atoms with Crippen LogP contribution in [0.5, 0.6) is 5.75 Å². The van der Waals surface area contributed by atoms with Crippen molar-refractivity contribution >= 4 is 34.9 Å². The number of benzene rings is 1. The molecule has 188 valence electrons. The quantitative estimate of drug-likeness (QED) is 0.275. The van der Waals surface area contributed by atoms with E-state index in [9.17, 15) is 29.4 Å². The number of rotatable bonds is 9. The molecule has 4 N–H and O–H groups in total. The lowest BCUT2D eigenvalue weighted by Crippen LogP contribution is -2.41. The number of hydrogen-bond donors (Lipinski definition) is 4. The number of Topliss-reactive ketones (excluding diaryl/α,β-unsaturated/α-hetero) is 1. The Kier molecular flexibility index (Phi) is 8.51. The average Bonchev–Trinajstić information content (AvgIpc) is 3.11. The van der Waals surface area contributed by atoms with Crippen LogP contribution in [-0.4, -0.2) is 62.9 Å². The Bertz CT molecular complexity index is 1260. The molecule has 1 aliphatic heterocycles. The predicted molar refractivity (Wildman–Crippen MR) is 126 cm³/mol. The van der Waals surface area contributed by atoms with E-state index in [4.69, 9.17) is 32.7 Å². The Morgan fingerprint density at radius 2 is 1.91 bits per heavy atom. The van der Waals surface area contributed by atoms with Crippen molar-refractivity contribution < 1.29 is 29.3 Å². The molecule has 0 unspecified atom stereocenters. The molecule has 4 atom stereocenters. The molecule has 3 rings (SSSR count). The molecule has 0 saturated carbocycles. The number of nitrogens with zero attached hydrogens (tertiary/aromatic N) is 1. The number of amides is 1. The Morgan fingerprint density at radius 1 is 1.20 bits per heavy atom. The summed E-state index contributed by atoms with van der Waals surface area (Å²) in [5, 5.41) is 22.9. The molecule has 35 heavy (non-hydrogen) atoms. The van der Waals surface area contributed by atoms with Crippen molar-refractivity contribution in [3.63, 3.8) is 0 Å². The molecular formula is C22H23Cl2N3O8. The molecule has 0 bridgehead atoms. The van der Waals surface area contributed by atoms with E-state index in [0.29, 0.717) is 12.0 Å². The molecule has 11 nitrogen and oxygen atoms in total. The highest BCUT2D eigenvalue weighted by atomic mass is 35.5. The minimum absolute atomic E-state index is 0.0239. The highest BCUT2D eigenvalue weighted by molar-refractivity contribution is 6.45. The maximum absolute atomic E-state index is 12.3. The zero-order chi connectivity index (χ0) is 25.9. The van der Waals surface area contributed by atoms with Crippen LogP contribution in [0.3, 0.4) is 0 Å². The molecule has 0 radical (unpaired) electrons. The van der Waals surface area contributed by atoms with Crippen LogP contribution in [0.25, 0.3) is 0 Å². The fourth-order valence-corrected chi connectivity index (χ4v) is 3.79. The number of halogens is 2. The molecular weight excluding hydrogens is 505 g/mol. The number of aliphatic hydroxyl groups excluding tert-OH is 2. The highest BCUT2D eigenvalue weighted by Gasteiger charge is 2.44. The van der Waals surface area contributed by atoms with Crippen LogP contribution in [0.1, 0.15) is 29.9 Å². The number of carbonyl (C=O) groups is 2. The molecule has 2 heterocycles. The van der Waals surface area contributed by atoms with Crippen LogP contribution in [0.15, 0.2) is 46.1 Å². The van der Waals surface area contributed by atoms with Crippen molar-refractivity contribution in [1.82, 2.24) is 14.9 Å². The van der Waals surface area contributed by atoms with Gasteiger partial charge in [-0.15, -0.1) is 0 Å². The summed E-state index contributed by atoms with van der Waals surface area (Å²) in [6, 6.07) is 3.90. The molecule has 1 aromatic heterocycles. The first-order valence-electron chi connectivity index (χ1n) is 10.5. The van der Waals surface area contributed by atoms with E-state index in [1.165, 1.54) is 12.1 Å². The highest BCUT2D eigenvalue weighted by Crippen LogP contribution is 2.35. The summed E-state index contributed by atoms with van der Waals surface area (Å²) in [6.07, 6.45) is -3.64. The molecule has 13 heteroatoms. The number of aromatic nitrogens is 2. The number of allylic oxidation sites excluding steroid dienone is 1. The summed E-state index contributed by atoms with van der Waals surface area (Å²) in [4.78, 5) is 49.7. The smallest absolute Gasteiger partial charge is 0.330 e. The molecule has 0 aliphatic carbocycles. The van der Waals surface area contributed by atoms with Gasteiger partial charge in [-0.25, -0.2) is 4.79 Å². The lowest BCUT2D eigenvalue weighted by atomic mass is 10.0. The molecule has 0 spiro atoms. The normalized spacial score (nSPS) is 21.5. The molecule has 1 amide bonds. The third-order valence-electron chi connectivity index (χ3n) is 5.36. The molecule has 1 saturated heterocycles. The Balaban J connectivity index is 1.57. The van der Waals surface area contributed by atoms with Crippen molar-refractivity contribution in [2.75, 3.05) is 13.2 Å². The van der Waals surface area contributed by atoms with Gasteiger partial charge in [0.15, 0.2) is 18.6 Å². The van der Waals surface area contributed by atoms with E-state index in [-0.39, 0.29) is 33.7 Å². The largest absolute Gasteiger partial charge is 0.482 e. The minimum Gasteiger partial charge on any atom is -0.482 e. The van der Waals surface area contributed by atoms with Crippen LogP contribution >= 0.6 is 23.2 Å². The van der Waals surface area contributed by atoms with E-state index in [0.717, 1.165) is 16.8 Å². The number of nitrogens with one attached hydrogen (secondary N) is 2. The van der Waals surface area contributed by atoms with E-state index < -0.39 is 48.3 Å².